The highest BCUT2D eigenvalue weighted by molar-refractivity contribution is 9.10. The molecule has 0 aromatic heterocycles. The van der Waals surface area contributed by atoms with Crippen molar-refractivity contribution in [2.24, 2.45) is 0 Å². The molecule has 142 valence electrons. The standard InChI is InChI=1S/C22H18BrNO3S/c23-19-10-11-21-18(14-19)12-13-24(21)22(25)17-8-6-16(7-9-17)15-28(26,27)20-4-2-1-3-5-20/h1-11,14H,12-13,15H2. The molecule has 0 N–H and O–H groups in total. The van der Waals surface area contributed by atoms with Gasteiger partial charge in [0.15, 0.2) is 9.84 Å². The van der Waals surface area contributed by atoms with Crippen LogP contribution in [-0.4, -0.2) is 20.9 Å². The predicted molar refractivity (Wildman–Crippen MR) is 113 cm³/mol. The summed E-state index contributed by atoms with van der Waals surface area (Å²) >= 11 is 3.46. The maximum absolute atomic E-state index is 12.9. The number of hydrogen-bond acceptors (Lipinski definition) is 3. The first kappa shape index (κ1) is 18.9. The Kier molecular flexibility index (Phi) is 5.08. The first-order valence-electron chi connectivity index (χ1n) is 8.91. The molecule has 0 saturated heterocycles. The molecule has 3 aromatic carbocycles. The van der Waals surface area contributed by atoms with Gasteiger partial charge in [0.2, 0.25) is 0 Å². The highest BCUT2D eigenvalue weighted by atomic mass is 79.9. The molecule has 4 rings (SSSR count). The normalized spacial score (nSPS) is 13.4. The molecule has 0 bridgehead atoms. The molecule has 0 aliphatic carbocycles. The van der Waals surface area contributed by atoms with Gasteiger partial charge < -0.3 is 4.90 Å². The Hall–Kier alpha value is -2.44. The summed E-state index contributed by atoms with van der Waals surface area (Å²) in [5, 5.41) is 0. The van der Waals surface area contributed by atoms with Crippen molar-refractivity contribution in [2.75, 3.05) is 11.4 Å². The van der Waals surface area contributed by atoms with Crippen LogP contribution < -0.4 is 4.90 Å². The largest absolute Gasteiger partial charge is 0.308 e. The molecule has 0 spiro atoms. The number of fused-ring (bicyclic) bond motifs is 1. The van der Waals surface area contributed by atoms with Gasteiger partial charge in [0, 0.05) is 22.3 Å². The van der Waals surface area contributed by atoms with E-state index < -0.39 is 9.84 Å². The maximum Gasteiger partial charge on any atom is 0.258 e. The van der Waals surface area contributed by atoms with Crippen LogP contribution in [-0.2, 0) is 22.0 Å². The molecule has 1 amide bonds. The first-order valence-corrected chi connectivity index (χ1v) is 11.4. The monoisotopic (exact) mass is 455 g/mol. The van der Waals surface area contributed by atoms with Crippen LogP contribution in [0.2, 0.25) is 0 Å². The molecule has 1 aliphatic rings. The van der Waals surface area contributed by atoms with Crippen LogP contribution in [0.1, 0.15) is 21.5 Å². The Bertz CT molecular complexity index is 1130. The SMILES string of the molecule is O=C(c1ccc(CS(=O)(=O)c2ccccc2)cc1)N1CCc2cc(Br)ccc21. The van der Waals surface area contributed by atoms with Crippen LogP contribution in [0.25, 0.3) is 0 Å². The number of rotatable bonds is 4. The van der Waals surface area contributed by atoms with Crippen LogP contribution in [0.5, 0.6) is 0 Å². The van der Waals surface area contributed by atoms with E-state index in [2.05, 4.69) is 15.9 Å². The third-order valence-electron chi connectivity index (χ3n) is 4.84. The maximum atomic E-state index is 12.9. The van der Waals surface area contributed by atoms with Gasteiger partial charge in [-0.3, -0.25) is 4.79 Å². The van der Waals surface area contributed by atoms with E-state index in [0.717, 1.165) is 22.1 Å². The molecule has 6 heteroatoms. The lowest BCUT2D eigenvalue weighted by Gasteiger charge is -2.17. The first-order chi connectivity index (χ1) is 13.4. The van der Waals surface area contributed by atoms with E-state index in [1.54, 1.807) is 59.5 Å². The smallest absolute Gasteiger partial charge is 0.258 e. The molecule has 28 heavy (non-hydrogen) atoms. The minimum atomic E-state index is -3.41. The highest BCUT2D eigenvalue weighted by Crippen LogP contribution is 2.31. The van der Waals surface area contributed by atoms with E-state index >= 15 is 0 Å². The Morgan fingerprint density at radius 3 is 2.39 bits per heavy atom. The number of anilines is 1. The van der Waals surface area contributed by atoms with E-state index in [1.165, 1.54) is 0 Å². The number of nitrogens with zero attached hydrogens (tertiary/aromatic N) is 1. The Morgan fingerprint density at radius 2 is 1.68 bits per heavy atom. The summed E-state index contributed by atoms with van der Waals surface area (Å²) in [4.78, 5) is 15.0. The molecule has 0 fully saturated rings. The van der Waals surface area contributed by atoms with Crippen molar-refractivity contribution in [3.05, 3.63) is 94.0 Å². The summed E-state index contributed by atoms with van der Waals surface area (Å²) in [5.74, 6) is -0.162. The summed E-state index contributed by atoms with van der Waals surface area (Å²) in [5.41, 5.74) is 3.29. The predicted octanol–water partition coefficient (Wildman–Crippen LogP) is 4.63. The van der Waals surface area contributed by atoms with Crippen LogP contribution in [0.4, 0.5) is 5.69 Å². The van der Waals surface area contributed by atoms with Crippen LogP contribution >= 0.6 is 15.9 Å². The van der Waals surface area contributed by atoms with Gasteiger partial charge in [-0.05, 0) is 60.0 Å². The number of carbonyl (C=O) groups is 1. The molecule has 3 aromatic rings. The minimum Gasteiger partial charge on any atom is -0.308 e. The van der Waals surface area contributed by atoms with Crippen LogP contribution in [0.3, 0.4) is 0 Å². The second-order valence-electron chi connectivity index (χ2n) is 6.75. The van der Waals surface area contributed by atoms with Gasteiger partial charge in [0.05, 0.1) is 10.6 Å². The molecule has 4 nitrogen and oxygen atoms in total. The van der Waals surface area contributed by atoms with Crippen molar-refractivity contribution in [1.29, 1.82) is 0 Å². The number of sulfone groups is 1. The zero-order valence-corrected chi connectivity index (χ0v) is 17.4. The van der Waals surface area contributed by atoms with E-state index in [1.807, 2.05) is 18.2 Å². The topological polar surface area (TPSA) is 54.5 Å². The van der Waals surface area contributed by atoms with Crippen molar-refractivity contribution < 1.29 is 13.2 Å². The fourth-order valence-electron chi connectivity index (χ4n) is 3.41. The van der Waals surface area contributed by atoms with E-state index in [-0.39, 0.29) is 11.7 Å². The zero-order chi connectivity index (χ0) is 19.7. The second kappa shape index (κ2) is 7.53. The highest BCUT2D eigenvalue weighted by Gasteiger charge is 2.25. The van der Waals surface area contributed by atoms with Gasteiger partial charge in [0.25, 0.3) is 5.91 Å². The van der Waals surface area contributed by atoms with Crippen molar-refractivity contribution in [2.45, 2.75) is 17.1 Å². The van der Waals surface area contributed by atoms with Gasteiger partial charge in [-0.1, -0.05) is 46.3 Å². The van der Waals surface area contributed by atoms with Crippen molar-refractivity contribution in [1.82, 2.24) is 0 Å². The summed E-state index contributed by atoms with van der Waals surface area (Å²) in [6.45, 7) is 0.648. The average molecular weight is 456 g/mol. The molecule has 0 saturated carbocycles. The summed E-state index contributed by atoms with van der Waals surface area (Å²) in [7, 11) is -3.41. The van der Waals surface area contributed by atoms with Gasteiger partial charge >= 0.3 is 0 Å². The fraction of sp³-hybridized carbons (Fsp3) is 0.136. The Labute approximate surface area is 172 Å². The average Bonchev–Trinajstić information content (AvgIpc) is 3.11. The minimum absolute atomic E-state index is 0.0708. The second-order valence-corrected chi connectivity index (χ2v) is 9.65. The van der Waals surface area contributed by atoms with Crippen molar-refractivity contribution >= 4 is 37.4 Å². The summed E-state index contributed by atoms with van der Waals surface area (Å²) in [6.07, 6.45) is 0.827. The summed E-state index contributed by atoms with van der Waals surface area (Å²) < 4.78 is 26.0. The molecule has 0 atom stereocenters. The number of benzene rings is 3. The van der Waals surface area contributed by atoms with Gasteiger partial charge in [-0.2, -0.15) is 0 Å². The number of carbonyl (C=O) groups excluding carboxylic acids is 1. The molecule has 1 heterocycles. The van der Waals surface area contributed by atoms with Gasteiger partial charge in [-0.15, -0.1) is 0 Å². The van der Waals surface area contributed by atoms with E-state index in [9.17, 15) is 13.2 Å². The molecular weight excluding hydrogens is 438 g/mol. The van der Waals surface area contributed by atoms with Crippen molar-refractivity contribution in [3.8, 4) is 0 Å². The lowest BCUT2D eigenvalue weighted by molar-refractivity contribution is 0.0989. The molecule has 0 unspecified atom stereocenters. The zero-order valence-electron chi connectivity index (χ0n) is 15.0. The number of amides is 1. The van der Waals surface area contributed by atoms with Crippen LogP contribution in [0.15, 0.2) is 82.2 Å². The third kappa shape index (κ3) is 3.75. The number of halogens is 1. The summed E-state index contributed by atoms with van der Waals surface area (Å²) in [6, 6.07) is 21.2. The fourth-order valence-corrected chi connectivity index (χ4v) is 5.19. The van der Waals surface area contributed by atoms with Crippen molar-refractivity contribution in [3.63, 3.8) is 0 Å². The number of hydrogen-bond donors (Lipinski definition) is 0. The lowest BCUT2D eigenvalue weighted by Crippen LogP contribution is -2.28. The van der Waals surface area contributed by atoms with Gasteiger partial charge in [0.1, 0.15) is 0 Å². The molecular formula is C22H18BrNO3S. The van der Waals surface area contributed by atoms with E-state index in [0.29, 0.717) is 22.6 Å². The Morgan fingerprint density at radius 1 is 0.964 bits per heavy atom. The Balaban J connectivity index is 1.52. The lowest BCUT2D eigenvalue weighted by atomic mass is 10.1. The molecule has 0 radical (unpaired) electrons. The quantitative estimate of drug-likeness (QED) is 0.576. The van der Waals surface area contributed by atoms with Gasteiger partial charge in [-0.25, -0.2) is 8.42 Å². The third-order valence-corrected chi connectivity index (χ3v) is 7.04. The molecule has 1 aliphatic heterocycles. The van der Waals surface area contributed by atoms with E-state index in [4.69, 9.17) is 0 Å². The van der Waals surface area contributed by atoms with Crippen LogP contribution in [0, 0.1) is 0 Å².